The molecule has 0 heterocycles. The van der Waals surface area contributed by atoms with E-state index in [4.69, 9.17) is 23.2 Å². The lowest BCUT2D eigenvalue weighted by molar-refractivity contribution is 0.0951. The van der Waals surface area contributed by atoms with Crippen LogP contribution in [0.2, 0.25) is 10.0 Å². The van der Waals surface area contributed by atoms with Crippen LogP contribution in [0.25, 0.3) is 0 Å². The number of carbonyl (C=O) groups is 1. The summed E-state index contributed by atoms with van der Waals surface area (Å²) in [5.41, 5.74) is 2.92. The maximum atomic E-state index is 12.0. The average molecular weight is 363 g/mol. The number of rotatable bonds is 6. The monoisotopic (exact) mass is 362 g/mol. The Balaban J connectivity index is 1.57. The van der Waals surface area contributed by atoms with Crippen molar-refractivity contribution in [2.24, 2.45) is 0 Å². The highest BCUT2D eigenvalue weighted by Crippen LogP contribution is 2.23. The molecule has 1 amide bonds. The molecule has 1 aliphatic rings. The van der Waals surface area contributed by atoms with Crippen LogP contribution in [0.15, 0.2) is 42.5 Å². The van der Waals surface area contributed by atoms with Crippen molar-refractivity contribution < 1.29 is 4.79 Å². The van der Waals surface area contributed by atoms with Crippen molar-refractivity contribution in [2.75, 3.05) is 7.05 Å². The third-order valence-corrected chi connectivity index (χ3v) is 4.62. The Labute approximate surface area is 152 Å². The van der Waals surface area contributed by atoms with Gasteiger partial charge in [-0.25, -0.2) is 0 Å². The molecule has 1 aliphatic carbocycles. The van der Waals surface area contributed by atoms with Crippen molar-refractivity contribution in [3.8, 4) is 0 Å². The highest BCUT2D eigenvalue weighted by Gasteiger charge is 2.23. The molecule has 1 saturated carbocycles. The fourth-order valence-corrected chi connectivity index (χ4v) is 3.03. The highest BCUT2D eigenvalue weighted by atomic mass is 35.5. The van der Waals surface area contributed by atoms with Gasteiger partial charge in [-0.15, -0.1) is 0 Å². The first-order valence-corrected chi connectivity index (χ1v) is 8.79. The van der Waals surface area contributed by atoms with Crippen LogP contribution in [0.4, 0.5) is 0 Å². The Morgan fingerprint density at radius 1 is 1.12 bits per heavy atom. The topological polar surface area (TPSA) is 32.3 Å². The fourth-order valence-electron chi connectivity index (χ4n) is 2.57. The van der Waals surface area contributed by atoms with Crippen molar-refractivity contribution in [1.29, 1.82) is 0 Å². The van der Waals surface area contributed by atoms with Gasteiger partial charge >= 0.3 is 0 Å². The zero-order chi connectivity index (χ0) is 17.1. The van der Waals surface area contributed by atoms with E-state index in [-0.39, 0.29) is 5.91 Å². The first-order valence-electron chi connectivity index (χ1n) is 8.03. The summed E-state index contributed by atoms with van der Waals surface area (Å²) in [6.07, 6.45) is 2.20. The molecule has 0 radical (unpaired) electrons. The molecule has 5 heteroatoms. The Hall–Kier alpha value is -1.55. The minimum Gasteiger partial charge on any atom is -0.349 e. The van der Waals surface area contributed by atoms with Gasteiger partial charge in [-0.3, -0.25) is 9.69 Å². The third kappa shape index (κ3) is 4.73. The van der Waals surface area contributed by atoms with Crippen molar-refractivity contribution >= 4 is 29.1 Å². The molecule has 0 aromatic heterocycles. The van der Waals surface area contributed by atoms with Crippen LogP contribution in [0, 0.1) is 0 Å². The molecule has 126 valence electrons. The van der Waals surface area contributed by atoms with Gasteiger partial charge in [-0.1, -0.05) is 41.4 Å². The lowest BCUT2D eigenvalue weighted by atomic mass is 10.1. The molecule has 24 heavy (non-hydrogen) atoms. The van der Waals surface area contributed by atoms with Gasteiger partial charge in [-0.2, -0.15) is 0 Å². The first kappa shape index (κ1) is 17.3. The first-order chi connectivity index (χ1) is 11.5. The molecule has 0 atom stereocenters. The molecule has 0 bridgehead atoms. The Morgan fingerprint density at radius 3 is 2.46 bits per heavy atom. The molecule has 2 aromatic rings. The van der Waals surface area contributed by atoms with Crippen LogP contribution in [0.5, 0.6) is 0 Å². The standard InChI is InChI=1S/C19H20Cl2N2O/c1-23(12-15-6-7-16(20)10-18(15)21)11-13-2-4-14(5-3-13)19(24)22-17-8-9-17/h2-7,10,17H,8-9,11-12H2,1H3,(H,22,24). The molecule has 2 aromatic carbocycles. The Kier molecular flexibility index (Phi) is 5.44. The molecule has 0 saturated heterocycles. The van der Waals surface area contributed by atoms with Gasteiger partial charge in [0.05, 0.1) is 0 Å². The van der Waals surface area contributed by atoms with Gasteiger partial charge in [0.2, 0.25) is 0 Å². The molecule has 1 N–H and O–H groups in total. The van der Waals surface area contributed by atoms with E-state index in [0.29, 0.717) is 21.7 Å². The summed E-state index contributed by atoms with van der Waals surface area (Å²) in [6, 6.07) is 13.7. The van der Waals surface area contributed by atoms with Crippen LogP contribution in [-0.4, -0.2) is 23.9 Å². The SMILES string of the molecule is CN(Cc1ccc(C(=O)NC2CC2)cc1)Cc1ccc(Cl)cc1Cl. The fraction of sp³-hybridized carbons (Fsp3) is 0.316. The van der Waals surface area contributed by atoms with Crippen LogP contribution in [0.1, 0.15) is 34.3 Å². The number of halogens is 2. The predicted molar refractivity (Wildman–Crippen MR) is 98.6 cm³/mol. The number of amides is 1. The van der Waals surface area contributed by atoms with Crippen LogP contribution >= 0.6 is 23.2 Å². The van der Waals surface area contributed by atoms with Gasteiger partial charge in [-0.05, 0) is 55.3 Å². The van der Waals surface area contributed by atoms with E-state index < -0.39 is 0 Å². The predicted octanol–water partition coefficient (Wildman–Crippen LogP) is 4.52. The zero-order valence-electron chi connectivity index (χ0n) is 13.6. The third-order valence-electron chi connectivity index (χ3n) is 4.04. The summed E-state index contributed by atoms with van der Waals surface area (Å²) in [5.74, 6) is 0.0188. The zero-order valence-corrected chi connectivity index (χ0v) is 15.1. The van der Waals surface area contributed by atoms with Crippen molar-refractivity contribution in [3.63, 3.8) is 0 Å². The van der Waals surface area contributed by atoms with E-state index >= 15 is 0 Å². The number of nitrogens with zero attached hydrogens (tertiary/aromatic N) is 1. The maximum absolute atomic E-state index is 12.0. The number of carbonyl (C=O) groups excluding carboxylic acids is 1. The maximum Gasteiger partial charge on any atom is 0.251 e. The van der Waals surface area contributed by atoms with Gasteiger partial charge in [0.25, 0.3) is 5.91 Å². The lowest BCUT2D eigenvalue weighted by Crippen LogP contribution is -2.25. The van der Waals surface area contributed by atoms with Crippen molar-refractivity contribution in [2.45, 2.75) is 32.0 Å². The Bertz CT molecular complexity index is 727. The van der Waals surface area contributed by atoms with E-state index in [0.717, 1.165) is 37.1 Å². The minimum atomic E-state index is 0.0188. The second-order valence-electron chi connectivity index (χ2n) is 6.35. The molecular formula is C19H20Cl2N2O. The summed E-state index contributed by atoms with van der Waals surface area (Å²) < 4.78 is 0. The normalized spacial score (nSPS) is 14.0. The van der Waals surface area contributed by atoms with E-state index in [1.165, 1.54) is 0 Å². The molecule has 3 rings (SSSR count). The summed E-state index contributed by atoms with van der Waals surface area (Å²) >= 11 is 12.2. The highest BCUT2D eigenvalue weighted by molar-refractivity contribution is 6.35. The quantitative estimate of drug-likeness (QED) is 0.819. The van der Waals surface area contributed by atoms with Crippen molar-refractivity contribution in [3.05, 3.63) is 69.2 Å². The summed E-state index contributed by atoms with van der Waals surface area (Å²) in [4.78, 5) is 14.2. The number of nitrogens with one attached hydrogen (secondary N) is 1. The number of benzene rings is 2. The van der Waals surface area contributed by atoms with E-state index in [9.17, 15) is 4.79 Å². The number of hydrogen-bond acceptors (Lipinski definition) is 2. The summed E-state index contributed by atoms with van der Waals surface area (Å²) in [7, 11) is 2.04. The van der Waals surface area contributed by atoms with Gasteiger partial charge < -0.3 is 5.32 Å². The summed E-state index contributed by atoms with van der Waals surface area (Å²) in [5, 5.41) is 4.33. The number of hydrogen-bond donors (Lipinski definition) is 1. The molecule has 3 nitrogen and oxygen atoms in total. The second-order valence-corrected chi connectivity index (χ2v) is 7.20. The van der Waals surface area contributed by atoms with Crippen LogP contribution in [-0.2, 0) is 13.1 Å². The van der Waals surface area contributed by atoms with Crippen LogP contribution in [0.3, 0.4) is 0 Å². The van der Waals surface area contributed by atoms with E-state index in [1.54, 1.807) is 6.07 Å². The second kappa shape index (κ2) is 7.56. The minimum absolute atomic E-state index is 0.0188. The molecular weight excluding hydrogens is 343 g/mol. The molecule has 0 spiro atoms. The van der Waals surface area contributed by atoms with Gasteiger partial charge in [0.1, 0.15) is 0 Å². The van der Waals surface area contributed by atoms with Crippen molar-refractivity contribution in [1.82, 2.24) is 10.2 Å². The summed E-state index contributed by atoms with van der Waals surface area (Å²) in [6.45, 7) is 1.52. The average Bonchev–Trinajstić information content (AvgIpc) is 3.35. The van der Waals surface area contributed by atoms with E-state index in [1.807, 2.05) is 43.4 Å². The molecule has 0 unspecified atom stereocenters. The Morgan fingerprint density at radius 2 is 1.83 bits per heavy atom. The van der Waals surface area contributed by atoms with Gasteiger partial charge in [0.15, 0.2) is 0 Å². The lowest BCUT2D eigenvalue weighted by Gasteiger charge is -2.18. The van der Waals surface area contributed by atoms with E-state index in [2.05, 4.69) is 10.2 Å². The van der Waals surface area contributed by atoms with Gasteiger partial charge in [0, 0.05) is 34.7 Å². The largest absolute Gasteiger partial charge is 0.349 e. The molecule has 0 aliphatic heterocycles. The molecule has 1 fully saturated rings. The smallest absolute Gasteiger partial charge is 0.251 e. The van der Waals surface area contributed by atoms with Crippen LogP contribution < -0.4 is 5.32 Å².